The van der Waals surface area contributed by atoms with Crippen LogP contribution in [0, 0.1) is 5.92 Å². The summed E-state index contributed by atoms with van der Waals surface area (Å²) in [5.41, 5.74) is 0. The Kier molecular flexibility index (Phi) is 4.61. The molecule has 1 N–H and O–H groups in total. The van der Waals surface area contributed by atoms with E-state index in [2.05, 4.69) is 25.7 Å². The fourth-order valence-corrected chi connectivity index (χ4v) is 6.75. The number of rotatable bonds is 4. The van der Waals surface area contributed by atoms with Crippen molar-refractivity contribution in [2.75, 3.05) is 13.6 Å². The molecule has 2 nitrogen and oxygen atoms in total. The molecule has 1 saturated heterocycles. The summed E-state index contributed by atoms with van der Waals surface area (Å²) in [6.45, 7) is 8.10. The molecule has 84 valence electrons. The summed E-state index contributed by atoms with van der Waals surface area (Å²) in [6.07, 6.45) is 3.17. The van der Waals surface area contributed by atoms with Crippen molar-refractivity contribution in [3.63, 3.8) is 0 Å². The van der Waals surface area contributed by atoms with E-state index in [9.17, 15) is 0 Å². The summed E-state index contributed by atoms with van der Waals surface area (Å²) < 4.78 is 6.20. The van der Waals surface area contributed by atoms with Crippen LogP contribution < -0.4 is 5.32 Å². The third-order valence-electron chi connectivity index (χ3n) is 3.13. The minimum Gasteiger partial charge on any atom is -0.414 e. The fourth-order valence-electron chi connectivity index (χ4n) is 2.67. The molecule has 0 amide bonds. The number of nitrogens with one attached hydrogen (secondary N) is 1. The first kappa shape index (κ1) is 12.2. The lowest BCUT2D eigenvalue weighted by Gasteiger charge is -2.37. The van der Waals surface area contributed by atoms with Crippen molar-refractivity contribution in [1.82, 2.24) is 5.32 Å². The summed E-state index contributed by atoms with van der Waals surface area (Å²) in [5.74, 6) is 0.766. The van der Waals surface area contributed by atoms with E-state index in [1.54, 1.807) is 0 Å². The van der Waals surface area contributed by atoms with Crippen molar-refractivity contribution in [2.45, 2.75) is 51.4 Å². The Bertz CT molecular complexity index is 177. The molecule has 0 aromatic rings. The second kappa shape index (κ2) is 5.28. The molecule has 1 rings (SSSR count). The van der Waals surface area contributed by atoms with Crippen LogP contribution in [0.2, 0.25) is 18.6 Å². The zero-order chi connectivity index (χ0) is 10.6. The maximum Gasteiger partial charge on any atom is 0.190 e. The monoisotopic (exact) mass is 215 g/mol. The molecular weight excluding hydrogens is 190 g/mol. The van der Waals surface area contributed by atoms with Crippen LogP contribution in [-0.2, 0) is 4.43 Å². The van der Waals surface area contributed by atoms with Crippen LogP contribution in [0.15, 0.2) is 0 Å². The van der Waals surface area contributed by atoms with Crippen molar-refractivity contribution in [1.29, 1.82) is 0 Å². The van der Waals surface area contributed by atoms with E-state index in [1.165, 1.54) is 24.9 Å². The maximum absolute atomic E-state index is 6.20. The van der Waals surface area contributed by atoms with Gasteiger partial charge in [-0.25, -0.2) is 0 Å². The zero-order valence-corrected chi connectivity index (χ0v) is 11.1. The summed E-state index contributed by atoms with van der Waals surface area (Å²) in [4.78, 5) is 0. The first-order valence-corrected chi connectivity index (χ1v) is 8.70. The van der Waals surface area contributed by atoms with Crippen LogP contribution in [-0.4, -0.2) is 28.0 Å². The van der Waals surface area contributed by atoms with Crippen molar-refractivity contribution in [2.24, 2.45) is 5.92 Å². The Morgan fingerprint density at radius 2 is 2.29 bits per heavy atom. The van der Waals surface area contributed by atoms with E-state index < -0.39 is 8.32 Å². The van der Waals surface area contributed by atoms with Crippen molar-refractivity contribution in [3.05, 3.63) is 0 Å². The molecule has 3 atom stereocenters. The van der Waals surface area contributed by atoms with Gasteiger partial charge in [0.2, 0.25) is 0 Å². The summed E-state index contributed by atoms with van der Waals surface area (Å²) in [5, 5.41) is 3.25. The third-order valence-corrected chi connectivity index (χ3v) is 7.08. The Hall–Kier alpha value is 0.137. The highest BCUT2D eigenvalue weighted by atomic mass is 28.4. The predicted molar refractivity (Wildman–Crippen MR) is 64.1 cm³/mol. The van der Waals surface area contributed by atoms with Crippen molar-refractivity contribution < 1.29 is 4.43 Å². The van der Waals surface area contributed by atoms with E-state index >= 15 is 0 Å². The van der Waals surface area contributed by atoms with Gasteiger partial charge in [0.25, 0.3) is 0 Å². The van der Waals surface area contributed by atoms with Gasteiger partial charge in [-0.1, -0.05) is 13.3 Å². The molecule has 1 heterocycles. The molecule has 0 aromatic carbocycles. The minimum atomic E-state index is -1.34. The van der Waals surface area contributed by atoms with E-state index in [0.717, 1.165) is 12.5 Å². The summed E-state index contributed by atoms with van der Waals surface area (Å²) in [6, 6.07) is 2.68. The Morgan fingerprint density at radius 3 is 2.86 bits per heavy atom. The quantitative estimate of drug-likeness (QED) is 0.728. The van der Waals surface area contributed by atoms with Crippen LogP contribution in [0.4, 0.5) is 0 Å². The summed E-state index contributed by atoms with van der Waals surface area (Å²) in [7, 11) is 0.693. The average molecular weight is 215 g/mol. The van der Waals surface area contributed by atoms with Gasteiger partial charge in [-0.05, 0) is 51.5 Å². The maximum atomic E-state index is 6.20. The van der Waals surface area contributed by atoms with Gasteiger partial charge in [0.15, 0.2) is 8.32 Å². The van der Waals surface area contributed by atoms with Gasteiger partial charge in [-0.3, -0.25) is 0 Å². The van der Waals surface area contributed by atoms with Gasteiger partial charge in [-0.2, -0.15) is 0 Å². The topological polar surface area (TPSA) is 21.3 Å². The number of hydrogen-bond acceptors (Lipinski definition) is 2. The molecule has 0 aliphatic carbocycles. The van der Waals surface area contributed by atoms with Crippen molar-refractivity contribution >= 4 is 8.32 Å². The fraction of sp³-hybridized carbons (Fsp3) is 1.00. The molecule has 14 heavy (non-hydrogen) atoms. The standard InChI is InChI=1S/C11H25NOSi/c1-10(8-12-3)9-14(4)7-5-6-11(2)13-14/h10-12H,5-9H2,1-4H3. The Balaban J connectivity index is 2.39. The van der Waals surface area contributed by atoms with Gasteiger partial charge in [0.1, 0.15) is 0 Å². The van der Waals surface area contributed by atoms with E-state index in [4.69, 9.17) is 4.43 Å². The molecule has 0 saturated carbocycles. The van der Waals surface area contributed by atoms with Crippen LogP contribution in [0.1, 0.15) is 26.7 Å². The van der Waals surface area contributed by atoms with Crippen LogP contribution >= 0.6 is 0 Å². The molecule has 1 aliphatic heterocycles. The van der Waals surface area contributed by atoms with Gasteiger partial charge in [-0.15, -0.1) is 0 Å². The molecule has 0 radical (unpaired) electrons. The molecular formula is C11H25NOSi. The molecule has 1 fully saturated rings. The molecule has 3 heteroatoms. The predicted octanol–water partition coefficient (Wildman–Crippen LogP) is 2.62. The second-order valence-electron chi connectivity index (χ2n) is 5.14. The molecule has 0 aromatic heterocycles. The lowest BCUT2D eigenvalue weighted by Crippen LogP contribution is -2.43. The lowest BCUT2D eigenvalue weighted by molar-refractivity contribution is 0.173. The zero-order valence-electron chi connectivity index (χ0n) is 10.1. The summed E-state index contributed by atoms with van der Waals surface area (Å²) >= 11 is 0. The van der Waals surface area contributed by atoms with Gasteiger partial charge in [0.05, 0.1) is 0 Å². The molecule has 0 bridgehead atoms. The van der Waals surface area contributed by atoms with Gasteiger partial charge < -0.3 is 9.74 Å². The first-order chi connectivity index (χ1) is 6.56. The normalized spacial score (nSPS) is 35.6. The SMILES string of the molecule is CNCC(C)C[Si]1(C)CCCC(C)O1. The molecule has 1 aliphatic rings. The van der Waals surface area contributed by atoms with Gasteiger partial charge in [0, 0.05) is 6.10 Å². The Labute approximate surface area is 89.6 Å². The second-order valence-corrected chi connectivity index (χ2v) is 9.18. The van der Waals surface area contributed by atoms with Crippen LogP contribution in [0.3, 0.4) is 0 Å². The highest BCUT2D eigenvalue weighted by molar-refractivity contribution is 6.72. The Morgan fingerprint density at radius 1 is 1.57 bits per heavy atom. The van der Waals surface area contributed by atoms with E-state index in [0.29, 0.717) is 6.10 Å². The average Bonchev–Trinajstić information content (AvgIpc) is 2.02. The highest BCUT2D eigenvalue weighted by Crippen LogP contribution is 2.31. The molecule has 3 unspecified atom stereocenters. The minimum absolute atomic E-state index is 0.516. The molecule has 0 spiro atoms. The smallest absolute Gasteiger partial charge is 0.190 e. The van der Waals surface area contributed by atoms with Gasteiger partial charge >= 0.3 is 0 Å². The van der Waals surface area contributed by atoms with E-state index in [1.807, 2.05) is 7.05 Å². The van der Waals surface area contributed by atoms with Crippen molar-refractivity contribution in [3.8, 4) is 0 Å². The largest absolute Gasteiger partial charge is 0.414 e. The third kappa shape index (κ3) is 3.71. The first-order valence-electron chi connectivity index (χ1n) is 5.88. The highest BCUT2D eigenvalue weighted by Gasteiger charge is 2.35. The van der Waals surface area contributed by atoms with Crippen LogP contribution in [0.5, 0.6) is 0 Å². The lowest BCUT2D eigenvalue weighted by atomic mass is 10.2. The van der Waals surface area contributed by atoms with E-state index in [-0.39, 0.29) is 0 Å². The number of hydrogen-bond donors (Lipinski definition) is 1. The van der Waals surface area contributed by atoms with Crippen LogP contribution in [0.25, 0.3) is 0 Å².